The smallest absolute Gasteiger partial charge is 0.355 e. The van der Waals surface area contributed by atoms with Gasteiger partial charge in [0.1, 0.15) is 5.69 Å². The average molecular weight is 408 g/mol. The van der Waals surface area contributed by atoms with Crippen molar-refractivity contribution in [3.63, 3.8) is 0 Å². The third kappa shape index (κ3) is 5.11. The normalized spacial score (nSPS) is 10.6. The number of fused-ring (bicyclic) bond motifs is 1. The summed E-state index contributed by atoms with van der Waals surface area (Å²) in [6.07, 6.45) is -0.232. The van der Waals surface area contributed by atoms with Gasteiger partial charge in [-0.1, -0.05) is 12.1 Å². The zero-order chi connectivity index (χ0) is 21.7. The molecule has 154 valence electrons. The molecule has 0 aliphatic carbocycles. The van der Waals surface area contributed by atoms with Gasteiger partial charge in [-0.05, 0) is 50.2 Å². The van der Waals surface area contributed by atoms with Crippen LogP contribution in [0.15, 0.2) is 59.4 Å². The van der Waals surface area contributed by atoms with Crippen LogP contribution >= 0.6 is 0 Å². The lowest BCUT2D eigenvalue weighted by atomic mass is 10.2. The molecular formula is C22H20N2O6. The highest BCUT2D eigenvalue weighted by Gasteiger charge is 2.14. The van der Waals surface area contributed by atoms with Crippen LogP contribution in [0, 0.1) is 0 Å². The van der Waals surface area contributed by atoms with Gasteiger partial charge < -0.3 is 19.8 Å². The third-order valence-corrected chi connectivity index (χ3v) is 4.04. The van der Waals surface area contributed by atoms with E-state index in [2.05, 4.69) is 10.3 Å². The highest BCUT2D eigenvalue weighted by atomic mass is 16.5. The molecule has 0 bridgehead atoms. The SMILES string of the molecule is CC(C)OC(=O)c1ccc(NC(=O)COC(=O)c2cc(=O)c3ccccc3[nH]2)cc1. The molecule has 30 heavy (non-hydrogen) atoms. The molecule has 2 aromatic carbocycles. The number of hydrogen-bond acceptors (Lipinski definition) is 6. The van der Waals surface area contributed by atoms with E-state index in [-0.39, 0.29) is 17.2 Å². The van der Waals surface area contributed by atoms with E-state index in [0.29, 0.717) is 22.2 Å². The maximum atomic E-state index is 12.2. The fourth-order valence-corrected chi connectivity index (χ4v) is 2.68. The van der Waals surface area contributed by atoms with E-state index < -0.39 is 24.5 Å². The maximum absolute atomic E-state index is 12.2. The largest absolute Gasteiger partial charge is 0.459 e. The van der Waals surface area contributed by atoms with E-state index in [1.54, 1.807) is 38.1 Å². The number of carbonyl (C=O) groups excluding carboxylic acids is 3. The van der Waals surface area contributed by atoms with E-state index in [9.17, 15) is 19.2 Å². The van der Waals surface area contributed by atoms with Crippen LogP contribution in [0.25, 0.3) is 10.9 Å². The zero-order valence-corrected chi connectivity index (χ0v) is 16.4. The molecule has 0 spiro atoms. The molecule has 0 fully saturated rings. The molecule has 0 unspecified atom stereocenters. The molecule has 0 aliphatic rings. The predicted octanol–water partition coefficient (Wildman–Crippen LogP) is 2.89. The summed E-state index contributed by atoms with van der Waals surface area (Å²) in [5.41, 5.74) is 0.915. The number of H-pyrrole nitrogens is 1. The Bertz CT molecular complexity index is 1150. The molecule has 8 heteroatoms. The summed E-state index contributed by atoms with van der Waals surface area (Å²) in [4.78, 5) is 50.9. The van der Waals surface area contributed by atoms with Gasteiger partial charge in [-0.15, -0.1) is 0 Å². The van der Waals surface area contributed by atoms with Gasteiger partial charge in [-0.25, -0.2) is 9.59 Å². The number of rotatable bonds is 6. The zero-order valence-electron chi connectivity index (χ0n) is 16.4. The standard InChI is InChI=1S/C22H20N2O6/c1-13(2)30-21(27)14-7-9-15(10-8-14)23-20(26)12-29-22(28)18-11-19(25)16-5-3-4-6-17(16)24-18/h3-11,13H,12H2,1-2H3,(H,23,26)(H,24,25). The van der Waals surface area contributed by atoms with Crippen molar-refractivity contribution in [2.75, 3.05) is 11.9 Å². The Kier molecular flexibility index (Phi) is 6.26. The minimum absolute atomic E-state index is 0.0421. The number of carbonyl (C=O) groups is 3. The van der Waals surface area contributed by atoms with Crippen LogP contribution in [0.1, 0.15) is 34.7 Å². The number of ether oxygens (including phenoxy) is 2. The summed E-state index contributed by atoms with van der Waals surface area (Å²) in [6, 6.07) is 14.0. The van der Waals surface area contributed by atoms with Gasteiger partial charge in [0.2, 0.25) is 0 Å². The van der Waals surface area contributed by atoms with Crippen molar-refractivity contribution < 1.29 is 23.9 Å². The van der Waals surface area contributed by atoms with Crippen LogP contribution in [0.2, 0.25) is 0 Å². The van der Waals surface area contributed by atoms with Crippen molar-refractivity contribution in [1.82, 2.24) is 4.98 Å². The number of benzene rings is 2. The van der Waals surface area contributed by atoms with Gasteiger partial charge in [0.05, 0.1) is 11.7 Å². The summed E-state index contributed by atoms with van der Waals surface area (Å²) in [5.74, 6) is -1.84. The van der Waals surface area contributed by atoms with Crippen molar-refractivity contribution in [3.8, 4) is 0 Å². The average Bonchev–Trinajstić information content (AvgIpc) is 2.72. The van der Waals surface area contributed by atoms with Crippen LogP contribution in [-0.4, -0.2) is 35.5 Å². The molecule has 0 aliphatic heterocycles. The molecule has 0 saturated heterocycles. The number of hydrogen-bond donors (Lipinski definition) is 2. The minimum Gasteiger partial charge on any atom is -0.459 e. The number of amides is 1. The molecule has 0 radical (unpaired) electrons. The molecule has 1 amide bonds. The van der Waals surface area contributed by atoms with Crippen molar-refractivity contribution in [2.45, 2.75) is 20.0 Å². The van der Waals surface area contributed by atoms with E-state index in [1.165, 1.54) is 24.3 Å². The second kappa shape index (κ2) is 9.04. The topological polar surface area (TPSA) is 115 Å². The number of esters is 2. The number of pyridine rings is 1. The summed E-state index contributed by atoms with van der Waals surface area (Å²) in [5, 5.41) is 3.01. The van der Waals surface area contributed by atoms with Crippen molar-refractivity contribution in [2.24, 2.45) is 0 Å². The lowest BCUT2D eigenvalue weighted by molar-refractivity contribution is -0.119. The van der Waals surface area contributed by atoms with Crippen LogP contribution in [0.5, 0.6) is 0 Å². The summed E-state index contributed by atoms with van der Waals surface area (Å²) in [7, 11) is 0. The number of nitrogens with one attached hydrogen (secondary N) is 2. The fraction of sp³-hybridized carbons (Fsp3) is 0.182. The molecule has 3 aromatic rings. The minimum atomic E-state index is -0.820. The van der Waals surface area contributed by atoms with Gasteiger partial charge >= 0.3 is 11.9 Å². The number of anilines is 1. The first-order valence-corrected chi connectivity index (χ1v) is 9.23. The molecular weight excluding hydrogens is 388 g/mol. The summed E-state index contributed by atoms with van der Waals surface area (Å²) < 4.78 is 10.1. The first-order chi connectivity index (χ1) is 14.3. The van der Waals surface area contributed by atoms with Crippen molar-refractivity contribution >= 4 is 34.4 Å². The van der Waals surface area contributed by atoms with Crippen molar-refractivity contribution in [3.05, 3.63) is 76.1 Å². The Hall–Kier alpha value is -3.94. The second-order valence-corrected chi connectivity index (χ2v) is 6.75. The van der Waals surface area contributed by atoms with Crippen LogP contribution < -0.4 is 10.7 Å². The number of aromatic amines is 1. The molecule has 1 aromatic heterocycles. The number of aromatic nitrogens is 1. The van der Waals surface area contributed by atoms with Crippen LogP contribution in [-0.2, 0) is 14.3 Å². The number of para-hydroxylation sites is 1. The van der Waals surface area contributed by atoms with Gasteiger partial charge in [0.25, 0.3) is 5.91 Å². The lowest BCUT2D eigenvalue weighted by Crippen LogP contribution is -2.22. The highest BCUT2D eigenvalue weighted by Crippen LogP contribution is 2.12. The second-order valence-electron chi connectivity index (χ2n) is 6.75. The molecule has 0 atom stereocenters. The monoisotopic (exact) mass is 408 g/mol. The first-order valence-electron chi connectivity index (χ1n) is 9.23. The molecule has 3 rings (SSSR count). The first kappa shape index (κ1) is 20.8. The van der Waals surface area contributed by atoms with Gasteiger partial charge in [0.15, 0.2) is 12.0 Å². The molecule has 2 N–H and O–H groups in total. The Balaban J connectivity index is 1.57. The Morgan fingerprint density at radius 2 is 1.70 bits per heavy atom. The molecule has 0 saturated carbocycles. The maximum Gasteiger partial charge on any atom is 0.355 e. The quantitative estimate of drug-likeness (QED) is 0.606. The Labute approximate surface area is 171 Å². The Morgan fingerprint density at radius 1 is 1.00 bits per heavy atom. The molecule has 8 nitrogen and oxygen atoms in total. The highest BCUT2D eigenvalue weighted by molar-refractivity contribution is 5.96. The van der Waals surface area contributed by atoms with E-state index >= 15 is 0 Å². The fourth-order valence-electron chi connectivity index (χ4n) is 2.68. The van der Waals surface area contributed by atoms with Crippen molar-refractivity contribution in [1.29, 1.82) is 0 Å². The van der Waals surface area contributed by atoms with Gasteiger partial charge in [-0.3, -0.25) is 9.59 Å². The van der Waals surface area contributed by atoms with Crippen LogP contribution in [0.4, 0.5) is 5.69 Å². The molecule has 1 heterocycles. The lowest BCUT2D eigenvalue weighted by Gasteiger charge is -2.09. The van der Waals surface area contributed by atoms with Gasteiger partial charge in [0, 0.05) is 22.7 Å². The van der Waals surface area contributed by atoms with E-state index in [4.69, 9.17) is 9.47 Å². The van der Waals surface area contributed by atoms with Gasteiger partial charge in [-0.2, -0.15) is 0 Å². The Morgan fingerprint density at radius 3 is 2.40 bits per heavy atom. The summed E-state index contributed by atoms with van der Waals surface area (Å²) >= 11 is 0. The van der Waals surface area contributed by atoms with E-state index in [1.807, 2.05) is 0 Å². The predicted molar refractivity (Wildman–Crippen MR) is 110 cm³/mol. The van der Waals surface area contributed by atoms with Crippen LogP contribution in [0.3, 0.4) is 0 Å². The third-order valence-electron chi connectivity index (χ3n) is 4.04. The van der Waals surface area contributed by atoms with E-state index in [0.717, 1.165) is 6.07 Å². The summed E-state index contributed by atoms with van der Waals surface area (Å²) in [6.45, 7) is 2.97.